The van der Waals surface area contributed by atoms with Crippen LogP contribution in [0.3, 0.4) is 0 Å². The lowest BCUT2D eigenvalue weighted by molar-refractivity contribution is -0.309. The van der Waals surface area contributed by atoms with Crippen LogP contribution in [0.4, 0.5) is 0 Å². The smallest absolute Gasteiger partial charge is 0.268 e. The van der Waals surface area contributed by atoms with Crippen LogP contribution in [0.25, 0.3) is 6.08 Å². The Bertz CT molecular complexity index is 907. The highest BCUT2D eigenvalue weighted by atomic mass is 16.5. The molecular formula is C23H25N2O5-. The van der Waals surface area contributed by atoms with Gasteiger partial charge in [0.1, 0.15) is 11.4 Å². The van der Waals surface area contributed by atoms with E-state index in [0.717, 1.165) is 0 Å². The van der Waals surface area contributed by atoms with Crippen LogP contribution < -0.4 is 20.5 Å². The molecular weight excluding hydrogens is 384 g/mol. The lowest BCUT2D eigenvalue weighted by atomic mass is 9.99. The first-order chi connectivity index (χ1) is 14.3. The molecule has 30 heavy (non-hydrogen) atoms. The van der Waals surface area contributed by atoms with Crippen molar-refractivity contribution in [1.82, 2.24) is 10.6 Å². The number of carboxylic acids is 1. The van der Waals surface area contributed by atoms with Crippen molar-refractivity contribution < 1.29 is 24.2 Å². The number of benzene rings is 2. The lowest BCUT2D eigenvalue weighted by Crippen LogP contribution is -2.52. The number of amides is 2. The second-order valence-corrected chi connectivity index (χ2v) is 6.81. The SMILES string of the molecule is CC[C@H](C)[C@H](NC(=O)/C(=C\c1ccccc1)NC(=O)c1ccc(OC)cc1)C(=O)[O-]. The van der Waals surface area contributed by atoms with Gasteiger partial charge in [0.05, 0.1) is 19.1 Å². The molecule has 0 aliphatic carbocycles. The Balaban J connectivity index is 2.30. The normalized spacial score (nSPS) is 13.1. The standard InChI is InChI=1S/C23H26N2O5/c1-4-15(2)20(23(28)29)25-22(27)19(14-16-8-6-5-7-9-16)24-21(26)17-10-12-18(30-3)13-11-17/h5-15,20H,4H2,1-3H3,(H,24,26)(H,25,27)(H,28,29)/p-1/b19-14+/t15-,20-/m0/s1. The fraction of sp³-hybridized carbons (Fsp3) is 0.261. The van der Waals surface area contributed by atoms with Gasteiger partial charge in [-0.05, 0) is 41.8 Å². The number of carbonyl (C=O) groups is 3. The van der Waals surface area contributed by atoms with Gasteiger partial charge in [0.15, 0.2) is 0 Å². The minimum atomic E-state index is -1.38. The Morgan fingerprint density at radius 1 is 1.07 bits per heavy atom. The molecule has 0 bridgehead atoms. The van der Waals surface area contributed by atoms with Crippen LogP contribution in [0, 0.1) is 5.92 Å². The topological polar surface area (TPSA) is 108 Å². The Kier molecular flexibility index (Phi) is 8.17. The molecule has 2 amide bonds. The average Bonchev–Trinajstić information content (AvgIpc) is 2.76. The van der Waals surface area contributed by atoms with Crippen molar-refractivity contribution in [3.05, 3.63) is 71.4 Å². The van der Waals surface area contributed by atoms with Gasteiger partial charge in [0, 0.05) is 5.56 Å². The number of carboxylic acid groups (broad SMARTS) is 1. The van der Waals surface area contributed by atoms with E-state index in [1.807, 2.05) is 13.0 Å². The molecule has 0 fully saturated rings. The molecule has 2 aromatic carbocycles. The van der Waals surface area contributed by atoms with E-state index in [2.05, 4.69) is 10.6 Å². The van der Waals surface area contributed by atoms with Crippen LogP contribution in [0.5, 0.6) is 5.75 Å². The molecule has 2 rings (SSSR count). The molecule has 0 saturated heterocycles. The highest BCUT2D eigenvalue weighted by molar-refractivity contribution is 6.06. The minimum absolute atomic E-state index is 0.0726. The summed E-state index contributed by atoms with van der Waals surface area (Å²) in [7, 11) is 1.52. The highest BCUT2D eigenvalue weighted by Gasteiger charge is 2.22. The maximum absolute atomic E-state index is 12.8. The van der Waals surface area contributed by atoms with Crippen LogP contribution in [0.2, 0.25) is 0 Å². The van der Waals surface area contributed by atoms with Crippen molar-refractivity contribution in [3.8, 4) is 5.75 Å². The third kappa shape index (κ3) is 6.20. The molecule has 2 N–H and O–H groups in total. The van der Waals surface area contributed by atoms with E-state index in [9.17, 15) is 19.5 Å². The van der Waals surface area contributed by atoms with Gasteiger partial charge in [-0.2, -0.15) is 0 Å². The summed E-state index contributed by atoms with van der Waals surface area (Å²) in [6.07, 6.45) is 2.02. The summed E-state index contributed by atoms with van der Waals surface area (Å²) in [6.45, 7) is 3.52. The molecule has 2 atom stereocenters. The zero-order valence-corrected chi connectivity index (χ0v) is 17.2. The van der Waals surface area contributed by atoms with E-state index in [0.29, 0.717) is 23.3 Å². The van der Waals surface area contributed by atoms with E-state index in [1.54, 1.807) is 55.5 Å². The zero-order chi connectivity index (χ0) is 22.1. The molecule has 0 radical (unpaired) electrons. The largest absolute Gasteiger partial charge is 0.548 e. The third-order valence-electron chi connectivity index (χ3n) is 4.71. The summed E-state index contributed by atoms with van der Waals surface area (Å²) in [5.41, 5.74) is 0.920. The molecule has 158 valence electrons. The minimum Gasteiger partial charge on any atom is -0.548 e. The maximum atomic E-state index is 12.8. The second kappa shape index (κ2) is 10.8. The van der Waals surface area contributed by atoms with E-state index in [4.69, 9.17) is 4.74 Å². The molecule has 7 nitrogen and oxygen atoms in total. The summed E-state index contributed by atoms with van der Waals surface area (Å²) in [6, 6.07) is 14.1. The number of hydrogen-bond acceptors (Lipinski definition) is 5. The first-order valence-electron chi connectivity index (χ1n) is 9.59. The molecule has 7 heteroatoms. The van der Waals surface area contributed by atoms with Crippen molar-refractivity contribution >= 4 is 23.9 Å². The van der Waals surface area contributed by atoms with Crippen molar-refractivity contribution in [3.63, 3.8) is 0 Å². The van der Waals surface area contributed by atoms with Gasteiger partial charge in [-0.25, -0.2) is 0 Å². The van der Waals surface area contributed by atoms with Crippen LogP contribution in [-0.2, 0) is 9.59 Å². The van der Waals surface area contributed by atoms with E-state index >= 15 is 0 Å². The number of methoxy groups -OCH3 is 1. The summed E-state index contributed by atoms with van der Waals surface area (Å²) in [4.78, 5) is 37.0. The average molecular weight is 409 g/mol. The number of nitrogens with one attached hydrogen (secondary N) is 2. The predicted molar refractivity (Wildman–Crippen MR) is 111 cm³/mol. The molecule has 0 heterocycles. The third-order valence-corrected chi connectivity index (χ3v) is 4.71. The second-order valence-electron chi connectivity index (χ2n) is 6.81. The van der Waals surface area contributed by atoms with Crippen LogP contribution >= 0.6 is 0 Å². The molecule has 0 aromatic heterocycles. The number of rotatable bonds is 9. The van der Waals surface area contributed by atoms with Crippen molar-refractivity contribution in [2.75, 3.05) is 7.11 Å². The predicted octanol–water partition coefficient (Wildman–Crippen LogP) is 1.75. The van der Waals surface area contributed by atoms with E-state index in [-0.39, 0.29) is 11.6 Å². The number of ether oxygens (including phenoxy) is 1. The van der Waals surface area contributed by atoms with Gasteiger partial charge >= 0.3 is 0 Å². The highest BCUT2D eigenvalue weighted by Crippen LogP contribution is 2.13. The fourth-order valence-corrected chi connectivity index (χ4v) is 2.70. The van der Waals surface area contributed by atoms with Crippen LogP contribution in [0.1, 0.15) is 36.2 Å². The Morgan fingerprint density at radius 2 is 1.70 bits per heavy atom. The maximum Gasteiger partial charge on any atom is 0.268 e. The molecule has 0 aliphatic heterocycles. The summed E-state index contributed by atoms with van der Waals surface area (Å²) in [5.74, 6) is -2.35. The van der Waals surface area contributed by atoms with Gasteiger partial charge < -0.3 is 25.3 Å². The molecule has 2 aromatic rings. The quantitative estimate of drug-likeness (QED) is 0.614. The van der Waals surface area contributed by atoms with Gasteiger partial charge in [-0.1, -0.05) is 50.6 Å². The van der Waals surface area contributed by atoms with Crippen LogP contribution in [-0.4, -0.2) is 30.9 Å². The number of carbonyl (C=O) groups excluding carboxylic acids is 3. The Morgan fingerprint density at radius 3 is 2.23 bits per heavy atom. The molecule has 0 aliphatic rings. The summed E-state index contributed by atoms with van der Waals surface area (Å²) < 4.78 is 5.08. The monoisotopic (exact) mass is 409 g/mol. The first-order valence-corrected chi connectivity index (χ1v) is 9.59. The van der Waals surface area contributed by atoms with Gasteiger partial charge in [0.25, 0.3) is 11.8 Å². The number of hydrogen-bond donors (Lipinski definition) is 2. The first kappa shape index (κ1) is 22.7. The van der Waals surface area contributed by atoms with Crippen molar-refractivity contribution in [2.45, 2.75) is 26.3 Å². The summed E-state index contributed by atoms with van der Waals surface area (Å²) in [5, 5.41) is 16.5. The van der Waals surface area contributed by atoms with Crippen molar-refractivity contribution in [1.29, 1.82) is 0 Å². The molecule has 0 spiro atoms. The van der Waals surface area contributed by atoms with Crippen molar-refractivity contribution in [2.24, 2.45) is 5.92 Å². The molecule has 0 saturated carbocycles. The van der Waals surface area contributed by atoms with Gasteiger partial charge in [-0.15, -0.1) is 0 Å². The Labute approximate surface area is 175 Å². The van der Waals surface area contributed by atoms with E-state index < -0.39 is 23.8 Å². The molecule has 0 unspecified atom stereocenters. The zero-order valence-electron chi connectivity index (χ0n) is 17.2. The Hall–Kier alpha value is -3.61. The van der Waals surface area contributed by atoms with Gasteiger partial charge in [0.2, 0.25) is 0 Å². The van der Waals surface area contributed by atoms with Crippen LogP contribution in [0.15, 0.2) is 60.3 Å². The van der Waals surface area contributed by atoms with Gasteiger partial charge in [-0.3, -0.25) is 9.59 Å². The number of aliphatic carboxylic acids is 1. The summed E-state index contributed by atoms with van der Waals surface area (Å²) >= 11 is 0. The lowest BCUT2D eigenvalue weighted by Gasteiger charge is -2.25. The fourth-order valence-electron chi connectivity index (χ4n) is 2.70. The van der Waals surface area contributed by atoms with E-state index in [1.165, 1.54) is 13.2 Å².